The van der Waals surface area contributed by atoms with Gasteiger partial charge in [-0.25, -0.2) is 8.42 Å². The van der Waals surface area contributed by atoms with Crippen molar-refractivity contribution < 1.29 is 22.7 Å². The fraction of sp³-hybridized carbons (Fsp3) is 0.250. The lowest BCUT2D eigenvalue weighted by atomic mass is 10.1. The van der Waals surface area contributed by atoms with E-state index in [9.17, 15) is 18.5 Å². The Morgan fingerprint density at radius 2 is 1.83 bits per heavy atom. The maximum atomic E-state index is 12.4. The van der Waals surface area contributed by atoms with Crippen LogP contribution in [-0.2, 0) is 14.6 Å². The second kappa shape index (κ2) is 12.1. The van der Waals surface area contributed by atoms with Gasteiger partial charge < -0.3 is 9.47 Å². The number of nitriles is 1. The molecule has 1 amide bonds. The lowest BCUT2D eigenvalue weighted by Crippen LogP contribution is -2.13. The summed E-state index contributed by atoms with van der Waals surface area (Å²) in [6.45, 7) is 4.50. The summed E-state index contributed by atoms with van der Waals surface area (Å²) in [5.41, 5.74) is 1.54. The summed E-state index contributed by atoms with van der Waals surface area (Å²) in [5.74, 6) is 0.677. The number of ether oxygens (including phenoxy) is 2. The van der Waals surface area contributed by atoms with Crippen LogP contribution in [0.15, 0.2) is 58.4 Å². The standard InChI is InChI=1S/C24H24N4O5S2/c1-3-35(30,31)24-28-27-23(34-24)26-22(29)19(16-25)15-18-9-11-20(12-10-18)32-13-6-14-33-21-8-5-4-7-17(21)2/h4-5,7-12,15H,3,6,13-14H2,1-2H3,(H,26,27,29)/b19-15-. The number of nitrogens with zero attached hydrogens (tertiary/aromatic N) is 3. The van der Waals surface area contributed by atoms with Gasteiger partial charge in [-0.3, -0.25) is 10.1 Å². The molecule has 0 fully saturated rings. The minimum atomic E-state index is -3.52. The Kier molecular flexibility index (Phi) is 8.94. The Morgan fingerprint density at radius 3 is 2.51 bits per heavy atom. The first-order valence-corrected chi connectivity index (χ1v) is 13.2. The van der Waals surface area contributed by atoms with E-state index in [4.69, 9.17) is 9.47 Å². The van der Waals surface area contributed by atoms with Gasteiger partial charge in [-0.2, -0.15) is 5.26 Å². The Morgan fingerprint density at radius 1 is 1.11 bits per heavy atom. The van der Waals surface area contributed by atoms with Gasteiger partial charge in [0.15, 0.2) is 0 Å². The van der Waals surface area contributed by atoms with E-state index in [1.165, 1.54) is 13.0 Å². The molecule has 0 unspecified atom stereocenters. The highest BCUT2D eigenvalue weighted by atomic mass is 32.2. The first-order valence-electron chi connectivity index (χ1n) is 10.7. The van der Waals surface area contributed by atoms with Crippen molar-refractivity contribution in [1.82, 2.24) is 10.2 Å². The van der Waals surface area contributed by atoms with E-state index in [0.717, 1.165) is 22.6 Å². The van der Waals surface area contributed by atoms with Crippen LogP contribution in [0.5, 0.6) is 11.5 Å². The Bertz CT molecular complexity index is 1340. The van der Waals surface area contributed by atoms with E-state index in [2.05, 4.69) is 15.5 Å². The number of amides is 1. The quantitative estimate of drug-likeness (QED) is 0.176. The molecule has 182 valence electrons. The van der Waals surface area contributed by atoms with Gasteiger partial charge in [0, 0.05) is 6.42 Å². The van der Waals surface area contributed by atoms with E-state index >= 15 is 0 Å². The zero-order valence-corrected chi connectivity index (χ0v) is 20.9. The molecule has 9 nitrogen and oxygen atoms in total. The van der Waals surface area contributed by atoms with Crippen LogP contribution in [0.4, 0.5) is 5.13 Å². The van der Waals surface area contributed by atoms with Crippen molar-refractivity contribution in [2.45, 2.75) is 24.6 Å². The maximum Gasteiger partial charge on any atom is 0.268 e. The minimum absolute atomic E-state index is 0.00155. The average molecular weight is 513 g/mol. The fourth-order valence-corrected chi connectivity index (χ4v) is 4.78. The third-order valence-corrected chi connectivity index (χ3v) is 7.76. The molecule has 1 N–H and O–H groups in total. The number of aryl methyl sites for hydroxylation is 1. The van der Waals surface area contributed by atoms with Gasteiger partial charge in [0.05, 0.1) is 19.0 Å². The summed E-state index contributed by atoms with van der Waals surface area (Å²) < 4.78 is 35.0. The van der Waals surface area contributed by atoms with Crippen LogP contribution in [-0.4, -0.2) is 43.5 Å². The number of benzene rings is 2. The molecule has 1 aromatic heterocycles. The molecule has 0 bridgehead atoms. The Labute approximate surface area is 208 Å². The molecule has 0 saturated carbocycles. The highest BCUT2D eigenvalue weighted by Gasteiger charge is 2.19. The van der Waals surface area contributed by atoms with Crippen molar-refractivity contribution in [2.24, 2.45) is 0 Å². The maximum absolute atomic E-state index is 12.4. The van der Waals surface area contributed by atoms with Gasteiger partial charge in [0.25, 0.3) is 5.91 Å². The van der Waals surface area contributed by atoms with Crippen molar-refractivity contribution in [1.29, 1.82) is 5.26 Å². The fourth-order valence-electron chi connectivity index (χ4n) is 2.80. The summed E-state index contributed by atoms with van der Waals surface area (Å²) in [7, 11) is -3.52. The average Bonchev–Trinajstić information content (AvgIpc) is 3.33. The van der Waals surface area contributed by atoms with Gasteiger partial charge in [0.1, 0.15) is 23.1 Å². The van der Waals surface area contributed by atoms with Crippen LogP contribution in [0, 0.1) is 18.3 Å². The summed E-state index contributed by atoms with van der Waals surface area (Å²) in [6.07, 6.45) is 2.13. The molecule has 3 aromatic rings. The van der Waals surface area contributed by atoms with Crippen LogP contribution in [0.2, 0.25) is 0 Å². The number of sulfone groups is 1. The van der Waals surface area contributed by atoms with Gasteiger partial charge in [-0.1, -0.05) is 48.6 Å². The molecule has 0 radical (unpaired) electrons. The van der Waals surface area contributed by atoms with Crippen molar-refractivity contribution in [3.63, 3.8) is 0 Å². The second-order valence-corrected chi connectivity index (χ2v) is 10.7. The Hall–Kier alpha value is -3.75. The molecule has 35 heavy (non-hydrogen) atoms. The molecule has 0 spiro atoms. The number of para-hydroxylation sites is 1. The first kappa shape index (κ1) is 25.9. The third-order valence-electron chi connectivity index (χ3n) is 4.74. The topological polar surface area (TPSA) is 131 Å². The summed E-state index contributed by atoms with van der Waals surface area (Å²) >= 11 is 0.735. The number of hydrogen-bond donors (Lipinski definition) is 1. The summed E-state index contributed by atoms with van der Waals surface area (Å²) in [4.78, 5) is 12.4. The predicted molar refractivity (Wildman–Crippen MR) is 133 cm³/mol. The molecule has 2 aromatic carbocycles. The number of carbonyl (C=O) groups is 1. The van der Waals surface area contributed by atoms with Crippen molar-refractivity contribution in [3.8, 4) is 17.6 Å². The molecule has 0 aliphatic rings. The van der Waals surface area contributed by atoms with Gasteiger partial charge in [0.2, 0.25) is 19.3 Å². The smallest absolute Gasteiger partial charge is 0.268 e. The summed E-state index contributed by atoms with van der Waals surface area (Å²) in [5, 5.41) is 19.0. The number of carbonyl (C=O) groups excluding carboxylic acids is 1. The lowest BCUT2D eigenvalue weighted by molar-refractivity contribution is -0.112. The van der Waals surface area contributed by atoms with Gasteiger partial charge in [-0.05, 0) is 42.3 Å². The van der Waals surface area contributed by atoms with Crippen LogP contribution in [0.3, 0.4) is 0 Å². The van der Waals surface area contributed by atoms with E-state index < -0.39 is 15.7 Å². The molecule has 0 saturated heterocycles. The van der Waals surface area contributed by atoms with Crippen LogP contribution >= 0.6 is 11.3 Å². The molecular formula is C24H24N4O5S2. The van der Waals surface area contributed by atoms with E-state index in [1.807, 2.05) is 37.3 Å². The molecule has 1 heterocycles. The van der Waals surface area contributed by atoms with Crippen LogP contribution in [0.1, 0.15) is 24.5 Å². The third kappa shape index (κ3) is 7.37. The number of aromatic nitrogens is 2. The second-order valence-electron chi connectivity index (χ2n) is 7.29. The highest BCUT2D eigenvalue weighted by molar-refractivity contribution is 7.93. The number of nitrogens with one attached hydrogen (secondary N) is 1. The largest absolute Gasteiger partial charge is 0.493 e. The molecular weight excluding hydrogens is 488 g/mol. The molecule has 0 aliphatic heterocycles. The first-order chi connectivity index (χ1) is 16.8. The van der Waals surface area contributed by atoms with E-state index in [-0.39, 0.29) is 20.8 Å². The van der Waals surface area contributed by atoms with Gasteiger partial charge in [-0.15, -0.1) is 10.2 Å². The lowest BCUT2D eigenvalue weighted by Gasteiger charge is -2.10. The summed E-state index contributed by atoms with van der Waals surface area (Å²) in [6, 6.07) is 16.6. The van der Waals surface area contributed by atoms with Crippen molar-refractivity contribution in [2.75, 3.05) is 24.3 Å². The highest BCUT2D eigenvalue weighted by Crippen LogP contribution is 2.22. The zero-order valence-electron chi connectivity index (χ0n) is 19.2. The van der Waals surface area contributed by atoms with Crippen LogP contribution in [0.25, 0.3) is 6.08 Å². The normalized spacial score (nSPS) is 11.5. The SMILES string of the molecule is CCS(=O)(=O)c1nnc(NC(=O)/C(C#N)=C\c2ccc(OCCCOc3ccccc3C)cc2)s1. The number of rotatable bonds is 11. The van der Waals surface area contributed by atoms with E-state index in [1.54, 1.807) is 24.3 Å². The van der Waals surface area contributed by atoms with Crippen molar-refractivity contribution in [3.05, 3.63) is 65.2 Å². The number of hydrogen-bond acceptors (Lipinski definition) is 9. The van der Waals surface area contributed by atoms with Crippen LogP contribution < -0.4 is 14.8 Å². The predicted octanol–water partition coefficient (Wildman–Crippen LogP) is 4.03. The van der Waals surface area contributed by atoms with Crippen molar-refractivity contribution >= 4 is 38.3 Å². The molecule has 0 aliphatic carbocycles. The monoisotopic (exact) mass is 512 g/mol. The zero-order chi connectivity index (χ0) is 25.3. The number of anilines is 1. The molecule has 3 rings (SSSR count). The molecule has 0 atom stereocenters. The van der Waals surface area contributed by atoms with Gasteiger partial charge >= 0.3 is 0 Å². The molecule has 11 heteroatoms. The Balaban J connectivity index is 1.51. The minimum Gasteiger partial charge on any atom is -0.493 e. The van der Waals surface area contributed by atoms with E-state index in [0.29, 0.717) is 30.9 Å².